The second kappa shape index (κ2) is 6.13. The summed E-state index contributed by atoms with van der Waals surface area (Å²) in [4.78, 5) is 0. The van der Waals surface area contributed by atoms with Crippen LogP contribution in [0.5, 0.6) is 0 Å². The van der Waals surface area contributed by atoms with E-state index in [1.165, 1.54) is 12.8 Å². The topological polar surface area (TPSA) is 44.3 Å². The first-order valence-electron chi connectivity index (χ1n) is 4.93. The number of aliphatic hydroxyl groups excluding tert-OH is 1. The maximum Gasteiger partial charge on any atom is 0.0632 e. The van der Waals surface area contributed by atoms with Gasteiger partial charge < -0.3 is 15.7 Å². The Balaban J connectivity index is 0.000000845. The fourth-order valence-corrected chi connectivity index (χ4v) is 2.43. The van der Waals surface area contributed by atoms with E-state index in [0.717, 1.165) is 32.6 Å². The quantitative estimate of drug-likeness (QED) is 0.582. The lowest BCUT2D eigenvalue weighted by Gasteiger charge is -2.44. The fourth-order valence-electron chi connectivity index (χ4n) is 2.43. The zero-order chi connectivity index (χ0) is 8.44. The summed E-state index contributed by atoms with van der Waals surface area (Å²) in [5.41, 5.74) is 0.149. The smallest absolute Gasteiger partial charge is 0.0632 e. The van der Waals surface area contributed by atoms with E-state index in [-0.39, 0.29) is 36.3 Å². The van der Waals surface area contributed by atoms with Gasteiger partial charge in [0.15, 0.2) is 0 Å². The maximum absolute atomic E-state index is 9.90. The van der Waals surface area contributed by atoms with Crippen molar-refractivity contribution in [2.24, 2.45) is 5.41 Å². The summed E-state index contributed by atoms with van der Waals surface area (Å²) in [5.74, 6) is 0. The van der Waals surface area contributed by atoms with Crippen LogP contribution in [0.1, 0.15) is 19.3 Å². The largest absolute Gasteiger partial charge is 0.392 e. The van der Waals surface area contributed by atoms with E-state index in [1.807, 2.05) is 0 Å². The molecule has 2 heterocycles. The van der Waals surface area contributed by atoms with Gasteiger partial charge in [-0.2, -0.15) is 0 Å². The third kappa shape index (κ3) is 2.74. The molecule has 3 nitrogen and oxygen atoms in total. The standard InChI is InChI=1S/C9H18N2O.2ClH/c12-8-2-5-11-7-9(8)3-1-4-10-6-9;;/h8,10-12H,1-7H2;2*1H/t8-,9+;;/m0../s1. The van der Waals surface area contributed by atoms with E-state index in [4.69, 9.17) is 0 Å². The summed E-state index contributed by atoms with van der Waals surface area (Å²) in [6.45, 7) is 4.07. The summed E-state index contributed by atoms with van der Waals surface area (Å²) in [7, 11) is 0. The Kier molecular flexibility index (Phi) is 6.33. The van der Waals surface area contributed by atoms with Crippen molar-refractivity contribution in [3.8, 4) is 0 Å². The van der Waals surface area contributed by atoms with E-state index < -0.39 is 0 Å². The highest BCUT2D eigenvalue weighted by atomic mass is 35.5. The van der Waals surface area contributed by atoms with Crippen LogP contribution in [-0.2, 0) is 0 Å². The molecule has 0 bridgehead atoms. The van der Waals surface area contributed by atoms with Crippen LogP contribution in [0, 0.1) is 5.41 Å². The molecule has 0 saturated carbocycles. The SMILES string of the molecule is Cl.Cl.O[C@H]1CCNC[C@]12CCCNC2. The predicted octanol–water partition coefficient (Wildman–Crippen LogP) is 0.554. The molecule has 0 aliphatic carbocycles. The molecule has 1 spiro atoms. The molecule has 2 rings (SSSR count). The van der Waals surface area contributed by atoms with E-state index in [0.29, 0.717) is 0 Å². The molecular formula is C9H20Cl2N2O. The summed E-state index contributed by atoms with van der Waals surface area (Å²) in [6.07, 6.45) is 3.21. The van der Waals surface area contributed by atoms with Crippen molar-refractivity contribution in [3.63, 3.8) is 0 Å². The highest BCUT2D eigenvalue weighted by Crippen LogP contribution is 2.33. The highest BCUT2D eigenvalue weighted by molar-refractivity contribution is 5.85. The van der Waals surface area contributed by atoms with Gasteiger partial charge in [0, 0.05) is 18.5 Å². The van der Waals surface area contributed by atoms with Crippen LogP contribution in [-0.4, -0.2) is 37.4 Å². The predicted molar refractivity (Wildman–Crippen MR) is 62.5 cm³/mol. The Labute approximate surface area is 97.8 Å². The van der Waals surface area contributed by atoms with E-state index in [1.54, 1.807) is 0 Å². The minimum atomic E-state index is -0.0912. The second-order valence-electron chi connectivity index (χ2n) is 4.12. The molecule has 0 aromatic carbocycles. The minimum Gasteiger partial charge on any atom is -0.392 e. The lowest BCUT2D eigenvalue weighted by molar-refractivity contribution is -0.0163. The Bertz CT molecular complexity index is 155. The van der Waals surface area contributed by atoms with Gasteiger partial charge >= 0.3 is 0 Å². The summed E-state index contributed by atoms with van der Waals surface area (Å²) >= 11 is 0. The van der Waals surface area contributed by atoms with Crippen molar-refractivity contribution in [1.29, 1.82) is 0 Å². The van der Waals surface area contributed by atoms with Gasteiger partial charge in [0.2, 0.25) is 0 Å². The van der Waals surface area contributed by atoms with Crippen LogP contribution < -0.4 is 10.6 Å². The molecule has 0 radical (unpaired) electrons. The molecule has 86 valence electrons. The number of hydrogen-bond acceptors (Lipinski definition) is 3. The van der Waals surface area contributed by atoms with Crippen molar-refractivity contribution < 1.29 is 5.11 Å². The molecular weight excluding hydrogens is 223 g/mol. The lowest BCUT2D eigenvalue weighted by atomic mass is 9.73. The Hall–Kier alpha value is 0.460. The molecule has 5 heteroatoms. The van der Waals surface area contributed by atoms with Crippen LogP contribution >= 0.6 is 24.8 Å². The van der Waals surface area contributed by atoms with Crippen LogP contribution in [0.25, 0.3) is 0 Å². The Morgan fingerprint density at radius 2 is 1.71 bits per heavy atom. The van der Waals surface area contributed by atoms with Crippen molar-refractivity contribution in [1.82, 2.24) is 10.6 Å². The highest BCUT2D eigenvalue weighted by Gasteiger charge is 2.40. The van der Waals surface area contributed by atoms with Gasteiger partial charge in [-0.1, -0.05) is 0 Å². The van der Waals surface area contributed by atoms with Gasteiger partial charge in [0.25, 0.3) is 0 Å². The average Bonchev–Trinajstić information content (AvgIpc) is 2.12. The monoisotopic (exact) mass is 242 g/mol. The van der Waals surface area contributed by atoms with Crippen LogP contribution in [0.2, 0.25) is 0 Å². The van der Waals surface area contributed by atoms with E-state index in [9.17, 15) is 5.11 Å². The lowest BCUT2D eigenvalue weighted by Crippen LogP contribution is -2.57. The minimum absolute atomic E-state index is 0. The molecule has 0 amide bonds. The molecule has 2 aliphatic heterocycles. The molecule has 2 fully saturated rings. The summed E-state index contributed by atoms with van der Waals surface area (Å²) < 4.78 is 0. The van der Waals surface area contributed by atoms with Crippen molar-refractivity contribution in [2.75, 3.05) is 26.2 Å². The summed E-state index contributed by atoms with van der Waals surface area (Å²) in [6, 6.07) is 0. The molecule has 0 aromatic rings. The Morgan fingerprint density at radius 3 is 2.29 bits per heavy atom. The number of nitrogens with one attached hydrogen (secondary N) is 2. The van der Waals surface area contributed by atoms with Gasteiger partial charge in [-0.15, -0.1) is 24.8 Å². The van der Waals surface area contributed by atoms with Gasteiger partial charge in [-0.25, -0.2) is 0 Å². The van der Waals surface area contributed by atoms with Gasteiger partial charge in [-0.3, -0.25) is 0 Å². The number of piperidine rings is 2. The second-order valence-corrected chi connectivity index (χ2v) is 4.12. The molecule has 14 heavy (non-hydrogen) atoms. The van der Waals surface area contributed by atoms with Gasteiger partial charge in [0.1, 0.15) is 0 Å². The fraction of sp³-hybridized carbons (Fsp3) is 1.00. The van der Waals surface area contributed by atoms with Crippen molar-refractivity contribution >= 4 is 24.8 Å². The molecule has 0 unspecified atom stereocenters. The average molecular weight is 243 g/mol. The number of hydrogen-bond donors (Lipinski definition) is 3. The number of halogens is 2. The first-order chi connectivity index (χ1) is 5.83. The number of rotatable bonds is 0. The third-order valence-corrected chi connectivity index (χ3v) is 3.28. The zero-order valence-electron chi connectivity index (χ0n) is 8.29. The first-order valence-corrected chi connectivity index (χ1v) is 4.93. The number of aliphatic hydroxyl groups is 1. The van der Waals surface area contributed by atoms with Crippen LogP contribution in [0.15, 0.2) is 0 Å². The normalized spacial score (nSPS) is 37.1. The third-order valence-electron chi connectivity index (χ3n) is 3.28. The van der Waals surface area contributed by atoms with E-state index >= 15 is 0 Å². The molecule has 2 saturated heterocycles. The molecule has 0 aromatic heterocycles. The summed E-state index contributed by atoms with van der Waals surface area (Å²) in [5, 5.41) is 16.7. The van der Waals surface area contributed by atoms with Crippen molar-refractivity contribution in [3.05, 3.63) is 0 Å². The van der Waals surface area contributed by atoms with Crippen LogP contribution in [0.3, 0.4) is 0 Å². The maximum atomic E-state index is 9.90. The first kappa shape index (κ1) is 14.5. The molecule has 2 atom stereocenters. The zero-order valence-corrected chi connectivity index (χ0v) is 9.92. The van der Waals surface area contributed by atoms with Gasteiger partial charge in [-0.05, 0) is 32.4 Å². The van der Waals surface area contributed by atoms with E-state index in [2.05, 4.69) is 10.6 Å². The molecule has 3 N–H and O–H groups in total. The van der Waals surface area contributed by atoms with Crippen LogP contribution in [0.4, 0.5) is 0 Å². The molecule has 2 aliphatic rings. The van der Waals surface area contributed by atoms with Gasteiger partial charge in [0.05, 0.1) is 6.10 Å². The Morgan fingerprint density at radius 1 is 1.07 bits per heavy atom. The van der Waals surface area contributed by atoms with Crippen molar-refractivity contribution in [2.45, 2.75) is 25.4 Å².